The van der Waals surface area contributed by atoms with Crippen LogP contribution in [0.15, 0.2) is 115 Å². The van der Waals surface area contributed by atoms with Gasteiger partial charge >= 0.3 is 0 Å². The van der Waals surface area contributed by atoms with Crippen molar-refractivity contribution in [3.05, 3.63) is 171 Å². The second-order valence-corrected chi connectivity index (χ2v) is 15.0. The van der Waals surface area contributed by atoms with E-state index in [1.54, 1.807) is 0 Å². The molecule has 258 valence electrons. The van der Waals surface area contributed by atoms with Gasteiger partial charge in [-0.15, -0.1) is 0 Å². The SMILES string of the molecule is Cc1ccc(N(c2ccc(C)c(C)c2)c2cc3c(cc(N(c4ccc(C)c(C)c4)c4ccc(C)c(C)c4)c4ccccc43)c3c2CCC=C3)cc1C. The van der Waals surface area contributed by atoms with E-state index in [4.69, 9.17) is 0 Å². The highest BCUT2D eigenvalue weighted by Gasteiger charge is 2.25. The van der Waals surface area contributed by atoms with Crippen LogP contribution in [0.5, 0.6) is 0 Å². The van der Waals surface area contributed by atoms with Crippen LogP contribution in [0.3, 0.4) is 0 Å². The molecule has 0 radical (unpaired) electrons. The van der Waals surface area contributed by atoms with E-state index < -0.39 is 0 Å². The molecule has 0 N–H and O–H groups in total. The van der Waals surface area contributed by atoms with Crippen LogP contribution in [0.2, 0.25) is 0 Å². The first-order valence-corrected chi connectivity index (χ1v) is 18.7. The number of fused-ring (bicyclic) bond motifs is 5. The molecule has 8 rings (SSSR count). The van der Waals surface area contributed by atoms with Gasteiger partial charge in [-0.2, -0.15) is 0 Å². The zero-order chi connectivity index (χ0) is 36.3. The molecule has 0 saturated carbocycles. The maximum Gasteiger partial charge on any atom is 0.0546 e. The van der Waals surface area contributed by atoms with Crippen LogP contribution in [-0.2, 0) is 6.42 Å². The largest absolute Gasteiger partial charge is 0.310 e. The van der Waals surface area contributed by atoms with Crippen LogP contribution in [0.25, 0.3) is 27.6 Å². The van der Waals surface area contributed by atoms with Gasteiger partial charge < -0.3 is 9.80 Å². The Hall–Kier alpha value is -5.60. The van der Waals surface area contributed by atoms with Gasteiger partial charge in [0.05, 0.1) is 11.4 Å². The number of allylic oxidation sites excluding steroid dienone is 1. The van der Waals surface area contributed by atoms with Crippen molar-refractivity contribution in [3.8, 4) is 0 Å². The molecule has 0 bridgehead atoms. The Bertz CT molecular complexity index is 2470. The predicted octanol–water partition coefficient (Wildman–Crippen LogP) is 14.4. The summed E-state index contributed by atoms with van der Waals surface area (Å²) in [5.74, 6) is 0. The number of aryl methyl sites for hydroxylation is 8. The molecule has 0 aliphatic heterocycles. The van der Waals surface area contributed by atoms with Gasteiger partial charge in [0, 0.05) is 28.1 Å². The van der Waals surface area contributed by atoms with Crippen LogP contribution in [0.1, 0.15) is 62.1 Å². The maximum atomic E-state index is 2.51. The number of hydrogen-bond donors (Lipinski definition) is 0. The van der Waals surface area contributed by atoms with Crippen molar-refractivity contribution in [1.29, 1.82) is 0 Å². The lowest BCUT2D eigenvalue weighted by Gasteiger charge is -2.32. The lowest BCUT2D eigenvalue weighted by molar-refractivity contribution is 0.983. The van der Waals surface area contributed by atoms with Crippen molar-refractivity contribution in [2.24, 2.45) is 0 Å². The fraction of sp³-hybridized carbons (Fsp3) is 0.200. The van der Waals surface area contributed by atoms with Crippen molar-refractivity contribution in [3.63, 3.8) is 0 Å². The molecular formula is C50H48N2. The topological polar surface area (TPSA) is 6.48 Å². The average Bonchev–Trinajstić information content (AvgIpc) is 3.14. The molecule has 2 heteroatoms. The van der Waals surface area contributed by atoms with Crippen molar-refractivity contribution < 1.29 is 0 Å². The van der Waals surface area contributed by atoms with E-state index in [0.717, 1.165) is 12.8 Å². The lowest BCUT2D eigenvalue weighted by atomic mass is 9.87. The molecule has 7 aromatic rings. The molecule has 0 fully saturated rings. The minimum Gasteiger partial charge on any atom is -0.310 e. The third-order valence-corrected chi connectivity index (χ3v) is 11.6. The number of rotatable bonds is 6. The predicted molar refractivity (Wildman–Crippen MR) is 226 cm³/mol. The Morgan fingerprint density at radius 2 is 0.808 bits per heavy atom. The quantitative estimate of drug-likeness (QED) is 0.162. The third kappa shape index (κ3) is 5.77. The van der Waals surface area contributed by atoms with E-state index in [1.165, 1.54) is 111 Å². The Morgan fingerprint density at radius 3 is 1.27 bits per heavy atom. The molecule has 0 heterocycles. The van der Waals surface area contributed by atoms with E-state index in [9.17, 15) is 0 Å². The van der Waals surface area contributed by atoms with E-state index in [-0.39, 0.29) is 0 Å². The van der Waals surface area contributed by atoms with Crippen LogP contribution in [0, 0.1) is 55.4 Å². The second-order valence-electron chi connectivity index (χ2n) is 15.0. The van der Waals surface area contributed by atoms with E-state index >= 15 is 0 Å². The third-order valence-electron chi connectivity index (χ3n) is 11.6. The number of nitrogens with zero attached hydrogens (tertiary/aromatic N) is 2. The van der Waals surface area contributed by atoms with Gasteiger partial charge in [0.25, 0.3) is 0 Å². The summed E-state index contributed by atoms with van der Waals surface area (Å²) < 4.78 is 0. The first-order valence-electron chi connectivity index (χ1n) is 18.7. The average molecular weight is 677 g/mol. The molecule has 0 unspecified atom stereocenters. The summed E-state index contributed by atoms with van der Waals surface area (Å²) in [4.78, 5) is 4.99. The van der Waals surface area contributed by atoms with Gasteiger partial charge in [-0.1, -0.05) is 60.7 Å². The highest BCUT2D eigenvalue weighted by atomic mass is 15.2. The van der Waals surface area contributed by atoms with Crippen molar-refractivity contribution in [2.45, 2.75) is 68.2 Å². The standard InChI is InChI=1S/C50H48N2/c1-31-17-21-39(25-35(31)5)51(40-22-18-32(2)36(6)26-40)49-29-47-44-14-10-12-16-46(44)50(30-48(47)43-13-9-11-15-45(43)49)52(41-23-19-33(3)37(7)27-41)42-24-20-34(4)38(8)28-42/h9-11,13-15,17-30H,12,16H2,1-8H3. The molecule has 2 nitrogen and oxygen atoms in total. The van der Waals surface area contributed by atoms with Crippen molar-refractivity contribution >= 4 is 61.7 Å². The molecule has 0 amide bonds. The van der Waals surface area contributed by atoms with Gasteiger partial charge in [-0.05, 0) is 201 Å². The first-order chi connectivity index (χ1) is 25.1. The summed E-state index contributed by atoms with van der Waals surface area (Å²) in [6, 6.07) is 41.5. The number of anilines is 6. The van der Waals surface area contributed by atoms with Crippen LogP contribution < -0.4 is 9.80 Å². The van der Waals surface area contributed by atoms with E-state index in [0.29, 0.717) is 0 Å². The summed E-state index contributed by atoms with van der Waals surface area (Å²) in [6.45, 7) is 17.7. The lowest BCUT2D eigenvalue weighted by Crippen LogP contribution is -2.15. The Morgan fingerprint density at radius 1 is 0.385 bits per heavy atom. The van der Waals surface area contributed by atoms with Gasteiger partial charge in [-0.25, -0.2) is 0 Å². The van der Waals surface area contributed by atoms with Gasteiger partial charge in [0.2, 0.25) is 0 Å². The zero-order valence-electron chi connectivity index (χ0n) is 31.9. The highest BCUT2D eigenvalue weighted by molar-refractivity contribution is 6.18. The second kappa shape index (κ2) is 13.2. The van der Waals surface area contributed by atoms with Gasteiger partial charge in [-0.3, -0.25) is 0 Å². The summed E-state index contributed by atoms with van der Waals surface area (Å²) in [6.07, 6.45) is 6.76. The maximum absolute atomic E-state index is 2.51. The Balaban J connectivity index is 1.46. The molecule has 7 aromatic carbocycles. The van der Waals surface area contributed by atoms with Crippen molar-refractivity contribution in [1.82, 2.24) is 0 Å². The summed E-state index contributed by atoms with van der Waals surface area (Å²) >= 11 is 0. The van der Waals surface area contributed by atoms with Gasteiger partial charge in [0.1, 0.15) is 0 Å². The summed E-state index contributed by atoms with van der Waals surface area (Å²) in [5.41, 5.74) is 20.3. The van der Waals surface area contributed by atoms with Crippen LogP contribution >= 0.6 is 0 Å². The molecule has 0 spiro atoms. The monoisotopic (exact) mass is 676 g/mol. The molecule has 1 aliphatic carbocycles. The fourth-order valence-corrected chi connectivity index (χ4v) is 7.86. The highest BCUT2D eigenvalue weighted by Crippen LogP contribution is 2.48. The number of benzene rings is 7. The van der Waals surface area contributed by atoms with Crippen molar-refractivity contribution in [2.75, 3.05) is 9.80 Å². The van der Waals surface area contributed by atoms with Gasteiger partial charge in [0.15, 0.2) is 0 Å². The molecule has 1 aliphatic rings. The first kappa shape index (κ1) is 33.5. The van der Waals surface area contributed by atoms with E-state index in [1.807, 2.05) is 0 Å². The molecule has 0 saturated heterocycles. The van der Waals surface area contributed by atoms with Crippen LogP contribution in [0.4, 0.5) is 34.1 Å². The fourth-order valence-electron chi connectivity index (χ4n) is 7.86. The minimum atomic E-state index is 0.990. The molecule has 0 aromatic heterocycles. The van der Waals surface area contributed by atoms with Crippen LogP contribution in [-0.4, -0.2) is 0 Å². The summed E-state index contributed by atoms with van der Waals surface area (Å²) in [7, 11) is 0. The molecule has 0 atom stereocenters. The molecular weight excluding hydrogens is 629 g/mol. The smallest absolute Gasteiger partial charge is 0.0546 e. The Kier molecular flexibility index (Phi) is 8.50. The van der Waals surface area contributed by atoms with E-state index in [2.05, 4.69) is 187 Å². The number of hydrogen-bond acceptors (Lipinski definition) is 2. The normalized spacial score (nSPS) is 12.4. The molecule has 52 heavy (non-hydrogen) atoms. The zero-order valence-corrected chi connectivity index (χ0v) is 31.9. The summed E-state index contributed by atoms with van der Waals surface area (Å²) in [5, 5.41) is 5.07. The minimum absolute atomic E-state index is 0.990. The Labute approximate surface area is 309 Å².